The number of piperidine rings is 1. The molecule has 5 heteroatoms. The zero-order valence-electron chi connectivity index (χ0n) is 12.5. The Balaban J connectivity index is 1.56. The van der Waals surface area contributed by atoms with Crippen molar-refractivity contribution in [1.82, 2.24) is 10.2 Å². The number of hydrogen-bond acceptors (Lipinski definition) is 3. The molecule has 2 aliphatic rings. The van der Waals surface area contributed by atoms with Crippen molar-refractivity contribution in [2.24, 2.45) is 11.8 Å². The van der Waals surface area contributed by atoms with Crippen LogP contribution in [-0.2, 0) is 4.74 Å². The first kappa shape index (κ1) is 15.6. The molecule has 20 heavy (non-hydrogen) atoms. The van der Waals surface area contributed by atoms with Crippen molar-refractivity contribution in [2.75, 3.05) is 32.8 Å². The summed E-state index contributed by atoms with van der Waals surface area (Å²) in [6, 6.07) is 0.0313. The minimum Gasteiger partial charge on any atom is -0.396 e. The second kappa shape index (κ2) is 7.84. The summed E-state index contributed by atoms with van der Waals surface area (Å²) in [7, 11) is 0. The summed E-state index contributed by atoms with van der Waals surface area (Å²) in [6.45, 7) is 5.28. The van der Waals surface area contributed by atoms with E-state index < -0.39 is 0 Å². The third kappa shape index (κ3) is 4.35. The normalized spacial score (nSPS) is 29.9. The van der Waals surface area contributed by atoms with Crippen molar-refractivity contribution in [3.8, 4) is 0 Å². The quantitative estimate of drug-likeness (QED) is 0.779. The lowest BCUT2D eigenvalue weighted by molar-refractivity contribution is -0.0261. The summed E-state index contributed by atoms with van der Waals surface area (Å²) < 4.78 is 5.54. The molecule has 0 bridgehead atoms. The molecule has 1 unspecified atom stereocenters. The minimum absolute atomic E-state index is 0.0313. The predicted molar refractivity (Wildman–Crippen MR) is 77.5 cm³/mol. The van der Waals surface area contributed by atoms with Gasteiger partial charge in [-0.3, -0.25) is 0 Å². The van der Waals surface area contributed by atoms with Crippen molar-refractivity contribution in [1.29, 1.82) is 0 Å². The molecule has 1 aliphatic carbocycles. The Morgan fingerprint density at radius 2 is 2.20 bits per heavy atom. The fourth-order valence-electron chi connectivity index (χ4n) is 3.18. The van der Waals surface area contributed by atoms with Crippen molar-refractivity contribution in [3.63, 3.8) is 0 Å². The highest BCUT2D eigenvalue weighted by atomic mass is 16.5. The van der Waals surface area contributed by atoms with Gasteiger partial charge in [0.2, 0.25) is 0 Å². The molecule has 1 atom stereocenters. The average molecular weight is 284 g/mol. The van der Waals surface area contributed by atoms with E-state index in [0.717, 1.165) is 51.8 Å². The van der Waals surface area contributed by atoms with Crippen LogP contribution in [0.4, 0.5) is 4.79 Å². The number of rotatable bonds is 6. The van der Waals surface area contributed by atoms with Gasteiger partial charge in [-0.05, 0) is 50.9 Å². The Bertz CT molecular complexity index is 305. The van der Waals surface area contributed by atoms with Gasteiger partial charge in [0.1, 0.15) is 0 Å². The third-order valence-electron chi connectivity index (χ3n) is 4.49. The van der Waals surface area contributed by atoms with Crippen molar-refractivity contribution in [3.05, 3.63) is 0 Å². The van der Waals surface area contributed by atoms with Crippen LogP contribution in [0.1, 0.15) is 39.0 Å². The molecule has 1 saturated carbocycles. The predicted octanol–water partition coefficient (Wildman–Crippen LogP) is 1.61. The number of nitrogens with one attached hydrogen (secondary N) is 1. The smallest absolute Gasteiger partial charge is 0.317 e. The number of aliphatic hydroxyl groups excluding tert-OH is 1. The molecule has 1 saturated heterocycles. The minimum atomic E-state index is 0.0313. The van der Waals surface area contributed by atoms with Gasteiger partial charge in [-0.25, -0.2) is 4.79 Å². The summed E-state index contributed by atoms with van der Waals surface area (Å²) >= 11 is 0. The van der Waals surface area contributed by atoms with Gasteiger partial charge in [0.15, 0.2) is 0 Å². The summed E-state index contributed by atoms with van der Waals surface area (Å²) in [5.41, 5.74) is 0. The maximum Gasteiger partial charge on any atom is 0.317 e. The highest BCUT2D eigenvalue weighted by molar-refractivity contribution is 5.74. The van der Waals surface area contributed by atoms with Crippen LogP contribution < -0.4 is 5.32 Å². The summed E-state index contributed by atoms with van der Waals surface area (Å²) in [5.74, 6) is 0.964. The van der Waals surface area contributed by atoms with Crippen LogP contribution >= 0.6 is 0 Å². The molecule has 0 radical (unpaired) electrons. The van der Waals surface area contributed by atoms with Crippen LogP contribution in [0.2, 0.25) is 0 Å². The number of nitrogens with zero attached hydrogens (tertiary/aromatic N) is 1. The Labute approximate surface area is 121 Å². The second-order valence-corrected chi connectivity index (χ2v) is 6.07. The van der Waals surface area contributed by atoms with E-state index in [1.165, 1.54) is 0 Å². The monoisotopic (exact) mass is 284 g/mol. The maximum absolute atomic E-state index is 12.0. The van der Waals surface area contributed by atoms with Gasteiger partial charge < -0.3 is 20.1 Å². The topological polar surface area (TPSA) is 61.8 Å². The highest BCUT2D eigenvalue weighted by Crippen LogP contribution is 2.32. The number of carbonyl (C=O) groups excluding carboxylic acids is 1. The van der Waals surface area contributed by atoms with E-state index in [2.05, 4.69) is 5.32 Å². The lowest BCUT2D eigenvalue weighted by atomic mass is 9.80. The van der Waals surface area contributed by atoms with E-state index in [9.17, 15) is 9.90 Å². The van der Waals surface area contributed by atoms with Gasteiger partial charge in [0.05, 0.1) is 6.10 Å². The number of likely N-dealkylation sites (tertiary alicyclic amines) is 1. The Morgan fingerprint density at radius 1 is 1.40 bits per heavy atom. The number of urea groups is 1. The Hall–Kier alpha value is -0.810. The molecule has 116 valence electrons. The number of ether oxygens (including phenoxy) is 1. The van der Waals surface area contributed by atoms with Gasteiger partial charge in [0, 0.05) is 32.8 Å². The molecule has 2 rings (SSSR count). The summed E-state index contributed by atoms with van der Waals surface area (Å²) in [6.07, 6.45) is 5.80. The number of hydrogen-bond donors (Lipinski definition) is 2. The maximum atomic E-state index is 12.0. The van der Waals surface area contributed by atoms with E-state index in [-0.39, 0.29) is 18.6 Å². The Kier molecular flexibility index (Phi) is 6.10. The van der Waals surface area contributed by atoms with Crippen molar-refractivity contribution >= 4 is 6.03 Å². The van der Waals surface area contributed by atoms with Gasteiger partial charge in [-0.15, -0.1) is 0 Å². The fourth-order valence-corrected chi connectivity index (χ4v) is 3.18. The largest absolute Gasteiger partial charge is 0.396 e. The Morgan fingerprint density at radius 3 is 2.90 bits per heavy atom. The molecule has 5 nitrogen and oxygen atoms in total. The molecule has 2 fully saturated rings. The van der Waals surface area contributed by atoms with Gasteiger partial charge in [-0.1, -0.05) is 0 Å². The van der Waals surface area contributed by atoms with E-state index >= 15 is 0 Å². The molecule has 2 amide bonds. The lowest BCUT2D eigenvalue weighted by Crippen LogP contribution is -2.46. The molecule has 0 aromatic heterocycles. The zero-order chi connectivity index (χ0) is 14.4. The molecule has 0 spiro atoms. The van der Waals surface area contributed by atoms with Gasteiger partial charge >= 0.3 is 6.03 Å². The molecule has 1 aliphatic heterocycles. The summed E-state index contributed by atoms with van der Waals surface area (Å²) in [4.78, 5) is 13.9. The number of aliphatic hydroxyl groups is 1. The van der Waals surface area contributed by atoms with E-state index in [1.807, 2.05) is 11.8 Å². The zero-order valence-corrected chi connectivity index (χ0v) is 12.5. The van der Waals surface area contributed by atoms with Gasteiger partial charge in [-0.2, -0.15) is 0 Å². The van der Waals surface area contributed by atoms with Crippen LogP contribution in [0.25, 0.3) is 0 Å². The number of carbonyl (C=O) groups is 1. The molecule has 0 aromatic rings. The molecular formula is C15H28N2O3. The highest BCUT2D eigenvalue weighted by Gasteiger charge is 2.29. The van der Waals surface area contributed by atoms with Crippen molar-refractivity contribution < 1.29 is 14.6 Å². The molecular weight excluding hydrogens is 256 g/mol. The first-order valence-electron chi connectivity index (χ1n) is 7.98. The van der Waals surface area contributed by atoms with E-state index in [0.29, 0.717) is 18.6 Å². The van der Waals surface area contributed by atoms with Gasteiger partial charge in [0.25, 0.3) is 0 Å². The SMILES string of the molecule is CCOC1CC(CCNC(=O)N2CCCC(CO)C2)C1. The van der Waals surface area contributed by atoms with E-state index in [1.54, 1.807) is 0 Å². The molecule has 2 N–H and O–H groups in total. The average Bonchev–Trinajstić information content (AvgIpc) is 2.44. The van der Waals surface area contributed by atoms with Crippen LogP contribution in [0.3, 0.4) is 0 Å². The van der Waals surface area contributed by atoms with E-state index in [4.69, 9.17) is 4.74 Å². The van der Waals surface area contributed by atoms with Crippen LogP contribution in [0.15, 0.2) is 0 Å². The number of amides is 2. The van der Waals surface area contributed by atoms with Crippen LogP contribution in [0.5, 0.6) is 0 Å². The molecule has 0 aromatic carbocycles. The summed E-state index contributed by atoms with van der Waals surface area (Å²) in [5, 5.41) is 12.2. The first-order chi connectivity index (χ1) is 9.72. The standard InChI is InChI=1S/C15H28N2O3/c1-2-20-14-8-12(9-14)5-6-16-15(19)17-7-3-4-13(10-17)11-18/h12-14,18H,2-11H2,1H3,(H,16,19). The fraction of sp³-hybridized carbons (Fsp3) is 0.933. The first-order valence-corrected chi connectivity index (χ1v) is 7.98. The van der Waals surface area contributed by atoms with Crippen LogP contribution in [0, 0.1) is 11.8 Å². The third-order valence-corrected chi connectivity index (χ3v) is 4.49. The second-order valence-electron chi connectivity index (χ2n) is 6.07. The van der Waals surface area contributed by atoms with Crippen molar-refractivity contribution in [2.45, 2.75) is 45.1 Å². The molecule has 1 heterocycles. The van der Waals surface area contributed by atoms with Crippen LogP contribution in [-0.4, -0.2) is 55.0 Å². The lowest BCUT2D eigenvalue weighted by Gasteiger charge is -2.35.